The second-order valence-electron chi connectivity index (χ2n) is 6.33. The molecule has 1 rings (SSSR count). The molecule has 0 heterocycles. The molecule has 0 fully saturated rings. The molecule has 0 spiro atoms. The van der Waals surface area contributed by atoms with Crippen molar-refractivity contribution in [3.05, 3.63) is 29.6 Å². The Labute approximate surface area is 120 Å². The van der Waals surface area contributed by atoms with E-state index in [9.17, 15) is 9.18 Å². The zero-order valence-corrected chi connectivity index (χ0v) is 12.7. The van der Waals surface area contributed by atoms with Crippen LogP contribution in [0.25, 0.3) is 0 Å². The quantitative estimate of drug-likeness (QED) is 0.663. The Bertz CT molecular complexity index is 466. The summed E-state index contributed by atoms with van der Waals surface area (Å²) in [5.74, 6) is -0.206. The van der Waals surface area contributed by atoms with Gasteiger partial charge in [-0.05, 0) is 63.3 Å². The minimum absolute atomic E-state index is 0.199. The molecular weight excluding hydrogens is 257 g/mol. The van der Waals surface area contributed by atoms with Crippen molar-refractivity contribution in [2.24, 2.45) is 11.3 Å². The van der Waals surface area contributed by atoms with E-state index in [-0.39, 0.29) is 17.7 Å². The molecule has 1 aromatic carbocycles. The summed E-state index contributed by atoms with van der Waals surface area (Å²) in [5, 5.41) is 0. The molecule has 0 saturated heterocycles. The SMILES string of the molecule is CC(CCOC(=O)C(C)(C)C)Cc1cc(F)ccc1N. The van der Waals surface area contributed by atoms with Crippen LogP contribution in [0.3, 0.4) is 0 Å². The Morgan fingerprint density at radius 3 is 2.65 bits per heavy atom. The maximum absolute atomic E-state index is 13.2. The molecule has 20 heavy (non-hydrogen) atoms. The second kappa shape index (κ2) is 6.73. The van der Waals surface area contributed by atoms with Crippen molar-refractivity contribution < 1.29 is 13.9 Å². The fourth-order valence-electron chi connectivity index (χ4n) is 1.80. The lowest BCUT2D eigenvalue weighted by Crippen LogP contribution is -2.24. The first-order chi connectivity index (χ1) is 9.20. The van der Waals surface area contributed by atoms with Crippen LogP contribution in [0.2, 0.25) is 0 Å². The molecule has 0 saturated carbocycles. The molecular formula is C16H24FNO2. The first-order valence-electron chi connectivity index (χ1n) is 6.91. The van der Waals surface area contributed by atoms with E-state index in [0.29, 0.717) is 18.7 Å². The number of esters is 1. The number of anilines is 1. The Morgan fingerprint density at radius 2 is 2.05 bits per heavy atom. The second-order valence-corrected chi connectivity index (χ2v) is 6.33. The lowest BCUT2D eigenvalue weighted by Gasteiger charge is -2.18. The summed E-state index contributed by atoms with van der Waals surface area (Å²) < 4.78 is 18.4. The van der Waals surface area contributed by atoms with Gasteiger partial charge >= 0.3 is 5.97 Å². The van der Waals surface area contributed by atoms with Gasteiger partial charge < -0.3 is 10.5 Å². The third-order valence-electron chi connectivity index (χ3n) is 3.13. The molecule has 2 N–H and O–H groups in total. The van der Waals surface area contributed by atoms with E-state index in [1.807, 2.05) is 27.7 Å². The Hall–Kier alpha value is -1.58. The van der Waals surface area contributed by atoms with Gasteiger partial charge in [-0.25, -0.2) is 4.39 Å². The topological polar surface area (TPSA) is 52.3 Å². The van der Waals surface area contributed by atoms with Crippen LogP contribution in [0.1, 0.15) is 39.7 Å². The third-order valence-corrected chi connectivity index (χ3v) is 3.13. The van der Waals surface area contributed by atoms with Gasteiger partial charge in [0.1, 0.15) is 5.82 Å². The fourth-order valence-corrected chi connectivity index (χ4v) is 1.80. The molecule has 3 nitrogen and oxygen atoms in total. The van der Waals surface area contributed by atoms with Gasteiger partial charge in [0.15, 0.2) is 0 Å². The highest BCUT2D eigenvalue weighted by atomic mass is 19.1. The molecule has 0 aliphatic heterocycles. The Morgan fingerprint density at radius 1 is 1.40 bits per heavy atom. The van der Waals surface area contributed by atoms with Crippen LogP contribution in [0.15, 0.2) is 18.2 Å². The van der Waals surface area contributed by atoms with Gasteiger partial charge in [0.25, 0.3) is 0 Å². The van der Waals surface area contributed by atoms with E-state index >= 15 is 0 Å². The highest BCUT2D eigenvalue weighted by Gasteiger charge is 2.22. The molecule has 1 atom stereocenters. The fraction of sp³-hybridized carbons (Fsp3) is 0.562. The van der Waals surface area contributed by atoms with Crippen LogP contribution >= 0.6 is 0 Å². The summed E-state index contributed by atoms with van der Waals surface area (Å²) in [4.78, 5) is 11.6. The van der Waals surface area contributed by atoms with Crippen LogP contribution in [0.5, 0.6) is 0 Å². The molecule has 0 bridgehead atoms. The van der Waals surface area contributed by atoms with Crippen molar-refractivity contribution in [2.45, 2.75) is 40.5 Å². The zero-order valence-electron chi connectivity index (χ0n) is 12.7. The van der Waals surface area contributed by atoms with Gasteiger partial charge in [-0.15, -0.1) is 0 Å². The van der Waals surface area contributed by atoms with Crippen molar-refractivity contribution >= 4 is 11.7 Å². The van der Waals surface area contributed by atoms with Gasteiger partial charge in [-0.1, -0.05) is 6.92 Å². The van der Waals surface area contributed by atoms with Gasteiger partial charge in [0, 0.05) is 5.69 Å². The number of carbonyl (C=O) groups excluding carboxylic acids is 1. The average molecular weight is 281 g/mol. The summed E-state index contributed by atoms with van der Waals surface area (Å²) in [5.41, 5.74) is 6.75. The number of nitrogen functional groups attached to an aromatic ring is 1. The molecule has 0 radical (unpaired) electrons. The van der Waals surface area contributed by atoms with Gasteiger partial charge in [0.05, 0.1) is 12.0 Å². The van der Waals surface area contributed by atoms with Crippen molar-refractivity contribution in [1.82, 2.24) is 0 Å². The average Bonchev–Trinajstić information content (AvgIpc) is 2.32. The minimum Gasteiger partial charge on any atom is -0.465 e. The van der Waals surface area contributed by atoms with Crippen molar-refractivity contribution in [3.63, 3.8) is 0 Å². The van der Waals surface area contributed by atoms with Gasteiger partial charge in [-0.2, -0.15) is 0 Å². The first kappa shape index (κ1) is 16.5. The van der Waals surface area contributed by atoms with Crippen molar-refractivity contribution in [1.29, 1.82) is 0 Å². The lowest BCUT2D eigenvalue weighted by atomic mass is 9.96. The number of rotatable bonds is 5. The van der Waals surface area contributed by atoms with Crippen LogP contribution in [-0.2, 0) is 16.0 Å². The van der Waals surface area contributed by atoms with E-state index in [1.165, 1.54) is 12.1 Å². The number of hydrogen-bond donors (Lipinski definition) is 1. The molecule has 0 aliphatic rings. The molecule has 0 aliphatic carbocycles. The van der Waals surface area contributed by atoms with Gasteiger partial charge in [-0.3, -0.25) is 4.79 Å². The van der Waals surface area contributed by atoms with Gasteiger partial charge in [0.2, 0.25) is 0 Å². The smallest absolute Gasteiger partial charge is 0.311 e. The molecule has 4 heteroatoms. The normalized spacial score (nSPS) is 13.1. The van der Waals surface area contributed by atoms with Crippen LogP contribution in [0.4, 0.5) is 10.1 Å². The minimum atomic E-state index is -0.476. The van der Waals surface area contributed by atoms with E-state index in [1.54, 1.807) is 6.07 Å². The largest absolute Gasteiger partial charge is 0.465 e. The van der Waals surface area contributed by atoms with E-state index in [2.05, 4.69) is 0 Å². The maximum Gasteiger partial charge on any atom is 0.311 e. The van der Waals surface area contributed by atoms with Crippen molar-refractivity contribution in [2.75, 3.05) is 12.3 Å². The van der Waals surface area contributed by atoms with E-state index in [4.69, 9.17) is 10.5 Å². The number of halogens is 1. The van der Waals surface area contributed by atoms with Crippen molar-refractivity contribution in [3.8, 4) is 0 Å². The highest BCUT2D eigenvalue weighted by Crippen LogP contribution is 2.20. The maximum atomic E-state index is 13.2. The molecule has 0 amide bonds. The number of hydrogen-bond acceptors (Lipinski definition) is 3. The third kappa shape index (κ3) is 5.19. The lowest BCUT2D eigenvalue weighted by molar-refractivity contribution is -0.153. The summed E-state index contributed by atoms with van der Waals surface area (Å²) >= 11 is 0. The standard InChI is InChI=1S/C16H24FNO2/c1-11(7-8-20-15(19)16(2,3)4)9-12-10-13(17)5-6-14(12)18/h5-6,10-11H,7-9,18H2,1-4H3. The Kier molecular flexibility index (Phi) is 5.54. The number of nitrogens with two attached hydrogens (primary N) is 1. The van der Waals surface area contributed by atoms with Crippen LogP contribution in [-0.4, -0.2) is 12.6 Å². The molecule has 1 unspecified atom stereocenters. The monoisotopic (exact) mass is 281 g/mol. The van der Waals surface area contributed by atoms with Crippen LogP contribution in [0, 0.1) is 17.2 Å². The first-order valence-corrected chi connectivity index (χ1v) is 6.91. The summed E-state index contributed by atoms with van der Waals surface area (Å²) in [6, 6.07) is 4.40. The number of ether oxygens (including phenoxy) is 1. The van der Waals surface area contributed by atoms with E-state index < -0.39 is 5.41 Å². The molecule has 112 valence electrons. The summed E-state index contributed by atoms with van der Waals surface area (Å²) in [6.07, 6.45) is 1.41. The Balaban J connectivity index is 2.43. The highest BCUT2D eigenvalue weighted by molar-refractivity contribution is 5.75. The number of benzene rings is 1. The predicted octanol–water partition coefficient (Wildman–Crippen LogP) is 3.57. The summed E-state index contributed by atoms with van der Waals surface area (Å²) in [6.45, 7) is 7.90. The molecule has 0 aromatic heterocycles. The molecule has 1 aromatic rings. The number of carbonyl (C=O) groups is 1. The van der Waals surface area contributed by atoms with E-state index in [0.717, 1.165) is 12.0 Å². The zero-order chi connectivity index (χ0) is 15.3. The predicted molar refractivity (Wildman–Crippen MR) is 78.7 cm³/mol. The summed E-state index contributed by atoms with van der Waals surface area (Å²) in [7, 11) is 0. The van der Waals surface area contributed by atoms with Crippen LogP contribution < -0.4 is 5.73 Å².